The van der Waals surface area contributed by atoms with Gasteiger partial charge in [-0.05, 0) is 19.9 Å². The Bertz CT molecular complexity index is 831. The van der Waals surface area contributed by atoms with Crippen LogP contribution in [0.25, 0.3) is 10.9 Å². The fourth-order valence-corrected chi connectivity index (χ4v) is 3.18. The zero-order valence-corrected chi connectivity index (χ0v) is 15.8. The molecule has 3 rings (SSSR count). The van der Waals surface area contributed by atoms with Gasteiger partial charge in [-0.25, -0.2) is 4.79 Å². The molecule has 3 N–H and O–H groups in total. The van der Waals surface area contributed by atoms with Crippen molar-refractivity contribution in [1.82, 2.24) is 9.88 Å². The van der Waals surface area contributed by atoms with Crippen molar-refractivity contribution < 1.29 is 14.3 Å². The van der Waals surface area contributed by atoms with Crippen LogP contribution in [-0.4, -0.2) is 54.7 Å². The number of allylic oxidation sites excluding steroid dienone is 1. The zero-order valence-electron chi connectivity index (χ0n) is 15.8. The van der Waals surface area contributed by atoms with Crippen LogP contribution < -0.4 is 11.1 Å². The molecule has 0 saturated carbocycles. The summed E-state index contributed by atoms with van der Waals surface area (Å²) in [6, 6.07) is 5.86. The third-order valence-corrected chi connectivity index (χ3v) is 4.70. The summed E-state index contributed by atoms with van der Waals surface area (Å²) in [4.78, 5) is 19.2. The molecule has 1 aromatic carbocycles. The lowest BCUT2D eigenvalue weighted by Crippen LogP contribution is -2.45. The van der Waals surface area contributed by atoms with Crippen molar-refractivity contribution in [2.45, 2.75) is 19.9 Å². The number of esters is 1. The van der Waals surface area contributed by atoms with E-state index in [9.17, 15) is 4.79 Å². The highest BCUT2D eigenvalue weighted by molar-refractivity contribution is 6.07. The van der Waals surface area contributed by atoms with Gasteiger partial charge < -0.3 is 20.5 Å². The fourth-order valence-electron chi connectivity index (χ4n) is 3.18. The summed E-state index contributed by atoms with van der Waals surface area (Å²) in [6.45, 7) is 7.94. The minimum Gasteiger partial charge on any atom is -0.431 e. The zero-order chi connectivity index (χ0) is 19.2. The lowest BCUT2D eigenvalue weighted by atomic mass is 10.1. The quantitative estimate of drug-likeness (QED) is 0.459. The molecule has 0 bridgehead atoms. The molecule has 7 nitrogen and oxygen atoms in total. The number of pyridine rings is 1. The molecule has 1 unspecified atom stereocenters. The smallest absolute Gasteiger partial charge is 0.346 e. The highest BCUT2D eigenvalue weighted by atomic mass is 16.5. The van der Waals surface area contributed by atoms with Crippen molar-refractivity contribution in [3.8, 4) is 0 Å². The number of nitrogens with one attached hydrogen (secondary N) is 1. The molecule has 1 aliphatic heterocycles. The number of nitrogen functional groups attached to an aromatic ring is 1. The van der Waals surface area contributed by atoms with E-state index < -0.39 is 5.97 Å². The van der Waals surface area contributed by atoms with E-state index in [1.165, 1.54) is 12.5 Å². The largest absolute Gasteiger partial charge is 0.431 e. The number of benzene rings is 1. The number of para-hydroxylation sites is 1. The summed E-state index contributed by atoms with van der Waals surface area (Å²) in [5.74, 6) is -0.452. The first-order chi connectivity index (χ1) is 13.1. The molecule has 1 saturated heterocycles. The van der Waals surface area contributed by atoms with Crippen LogP contribution in [0.1, 0.15) is 24.2 Å². The highest BCUT2D eigenvalue weighted by Crippen LogP contribution is 2.30. The third-order valence-electron chi connectivity index (χ3n) is 4.70. The standard InChI is InChI=1S/C20H26N4O3/c1-3-9-27-20(25)16-13-23-19-15(5-4-6-17(19)21)18(16)22-12-14(2)24-7-10-26-11-8-24/h3-6,9,13-14H,7-8,10-12,21H2,1-2H3,(H,22,23)/b9-3+. The van der Waals surface area contributed by atoms with Gasteiger partial charge in [0, 0.05) is 37.3 Å². The highest BCUT2D eigenvalue weighted by Gasteiger charge is 2.20. The topological polar surface area (TPSA) is 89.7 Å². The SMILES string of the molecule is C/C=C/OC(=O)c1cnc2c(N)cccc2c1NCC(C)N1CCOCC1. The maximum Gasteiger partial charge on any atom is 0.346 e. The first-order valence-corrected chi connectivity index (χ1v) is 9.16. The number of carbonyl (C=O) groups is 1. The Morgan fingerprint density at radius 1 is 1.44 bits per heavy atom. The number of carbonyl (C=O) groups excluding carboxylic acids is 1. The molecule has 1 aliphatic rings. The predicted octanol–water partition coefficient (Wildman–Crippen LogP) is 2.64. The summed E-state index contributed by atoms with van der Waals surface area (Å²) in [6.07, 6.45) is 4.55. The van der Waals surface area contributed by atoms with Crippen molar-refractivity contribution in [3.63, 3.8) is 0 Å². The summed E-state index contributed by atoms with van der Waals surface area (Å²) in [5, 5.41) is 4.24. The predicted molar refractivity (Wildman–Crippen MR) is 107 cm³/mol. The number of rotatable bonds is 6. The fraction of sp³-hybridized carbons (Fsp3) is 0.400. The summed E-state index contributed by atoms with van der Waals surface area (Å²) in [7, 11) is 0. The number of aromatic nitrogens is 1. The van der Waals surface area contributed by atoms with E-state index in [0.717, 1.165) is 31.7 Å². The van der Waals surface area contributed by atoms with Crippen molar-refractivity contribution >= 4 is 28.2 Å². The van der Waals surface area contributed by atoms with Gasteiger partial charge in [-0.2, -0.15) is 0 Å². The Hall–Kier alpha value is -2.64. The average molecular weight is 370 g/mol. The summed E-state index contributed by atoms with van der Waals surface area (Å²) < 4.78 is 10.6. The monoisotopic (exact) mass is 370 g/mol. The number of nitrogens with two attached hydrogens (primary N) is 1. The van der Waals surface area contributed by atoms with Gasteiger partial charge >= 0.3 is 5.97 Å². The molecule has 0 aliphatic carbocycles. The van der Waals surface area contributed by atoms with E-state index in [2.05, 4.69) is 22.1 Å². The minimum absolute atomic E-state index is 0.289. The maximum absolute atomic E-state index is 12.5. The second-order valence-electron chi connectivity index (χ2n) is 6.54. The second-order valence-corrected chi connectivity index (χ2v) is 6.54. The van der Waals surface area contributed by atoms with Crippen LogP contribution in [0, 0.1) is 0 Å². The Morgan fingerprint density at radius 2 is 2.22 bits per heavy atom. The summed E-state index contributed by atoms with van der Waals surface area (Å²) >= 11 is 0. The lowest BCUT2D eigenvalue weighted by molar-refractivity contribution is 0.0227. The number of hydrogen-bond acceptors (Lipinski definition) is 7. The molecule has 0 spiro atoms. The van der Waals surface area contributed by atoms with Gasteiger partial charge in [0.2, 0.25) is 0 Å². The molecule has 27 heavy (non-hydrogen) atoms. The summed E-state index contributed by atoms with van der Waals surface area (Å²) in [5.41, 5.74) is 8.39. The van der Waals surface area contributed by atoms with E-state index >= 15 is 0 Å². The molecule has 2 aromatic rings. The molecule has 0 radical (unpaired) electrons. The molecular formula is C20H26N4O3. The number of anilines is 2. The van der Waals surface area contributed by atoms with Crippen LogP contribution >= 0.6 is 0 Å². The van der Waals surface area contributed by atoms with Gasteiger partial charge in [-0.15, -0.1) is 0 Å². The van der Waals surface area contributed by atoms with E-state index in [1.54, 1.807) is 19.1 Å². The van der Waals surface area contributed by atoms with Gasteiger partial charge in [0.15, 0.2) is 0 Å². The molecule has 1 atom stereocenters. The average Bonchev–Trinajstić information content (AvgIpc) is 2.70. The molecule has 2 heterocycles. The molecule has 1 fully saturated rings. The minimum atomic E-state index is -0.452. The normalized spacial score (nSPS) is 16.5. The van der Waals surface area contributed by atoms with Crippen LogP contribution in [0.4, 0.5) is 11.4 Å². The van der Waals surface area contributed by atoms with Crippen molar-refractivity contribution in [2.75, 3.05) is 43.9 Å². The van der Waals surface area contributed by atoms with Gasteiger partial charge in [-0.3, -0.25) is 9.88 Å². The molecule has 1 aromatic heterocycles. The van der Waals surface area contributed by atoms with Crippen molar-refractivity contribution in [2.24, 2.45) is 0 Å². The van der Waals surface area contributed by atoms with E-state index in [1.807, 2.05) is 12.1 Å². The lowest BCUT2D eigenvalue weighted by Gasteiger charge is -2.32. The second kappa shape index (κ2) is 8.83. The Kier molecular flexibility index (Phi) is 6.26. The van der Waals surface area contributed by atoms with Gasteiger partial charge in [-0.1, -0.05) is 18.2 Å². The Morgan fingerprint density at radius 3 is 2.96 bits per heavy atom. The molecule has 7 heteroatoms. The van der Waals surface area contributed by atoms with Crippen molar-refractivity contribution in [1.29, 1.82) is 0 Å². The Labute approximate surface area is 159 Å². The van der Waals surface area contributed by atoms with Crippen LogP contribution in [0.2, 0.25) is 0 Å². The van der Waals surface area contributed by atoms with E-state index in [4.69, 9.17) is 15.2 Å². The van der Waals surface area contributed by atoms with Crippen LogP contribution in [-0.2, 0) is 9.47 Å². The van der Waals surface area contributed by atoms with Crippen molar-refractivity contribution in [3.05, 3.63) is 42.3 Å². The van der Waals surface area contributed by atoms with Crippen LogP contribution in [0.15, 0.2) is 36.7 Å². The number of nitrogens with zero attached hydrogens (tertiary/aromatic N) is 2. The first-order valence-electron chi connectivity index (χ1n) is 9.16. The molecular weight excluding hydrogens is 344 g/mol. The first kappa shape index (κ1) is 19.1. The van der Waals surface area contributed by atoms with Gasteiger partial charge in [0.1, 0.15) is 5.56 Å². The Balaban J connectivity index is 1.89. The molecule has 0 amide bonds. The number of morpholine rings is 1. The third kappa shape index (κ3) is 4.37. The maximum atomic E-state index is 12.5. The van der Waals surface area contributed by atoms with Crippen LogP contribution in [0.5, 0.6) is 0 Å². The number of ether oxygens (including phenoxy) is 2. The number of hydrogen-bond donors (Lipinski definition) is 2. The number of fused-ring (bicyclic) bond motifs is 1. The van der Waals surface area contributed by atoms with Gasteiger partial charge in [0.05, 0.1) is 36.4 Å². The molecule has 144 valence electrons. The van der Waals surface area contributed by atoms with E-state index in [-0.39, 0.29) is 6.04 Å². The van der Waals surface area contributed by atoms with Gasteiger partial charge in [0.25, 0.3) is 0 Å². The van der Waals surface area contributed by atoms with Crippen LogP contribution in [0.3, 0.4) is 0 Å². The van der Waals surface area contributed by atoms with E-state index in [0.29, 0.717) is 29.0 Å².